The van der Waals surface area contributed by atoms with Gasteiger partial charge in [-0.15, -0.1) is 0 Å². The molecular weight excluding hydrogens is 256 g/mol. The molecule has 1 rings (SSSR count). The molecule has 0 radical (unpaired) electrons. The second-order valence-corrected chi connectivity index (χ2v) is 7.05. The third kappa shape index (κ3) is 5.90. The van der Waals surface area contributed by atoms with Crippen LogP contribution in [0.1, 0.15) is 46.5 Å². The maximum absolute atomic E-state index is 11.9. The van der Waals surface area contributed by atoms with E-state index in [0.717, 1.165) is 19.3 Å². The maximum atomic E-state index is 11.9. The summed E-state index contributed by atoms with van der Waals surface area (Å²) in [5.74, 6) is -0.0271. The van der Waals surface area contributed by atoms with Gasteiger partial charge >= 0.3 is 0 Å². The van der Waals surface area contributed by atoms with E-state index in [1.54, 1.807) is 11.9 Å². The molecule has 2 amide bonds. The van der Waals surface area contributed by atoms with E-state index in [9.17, 15) is 14.7 Å². The molecule has 0 aromatic rings. The number of aliphatic hydroxyl groups excluding tert-OH is 1. The average Bonchev–Trinajstić information content (AvgIpc) is 2.69. The molecule has 0 aliphatic heterocycles. The van der Waals surface area contributed by atoms with Crippen LogP contribution in [0.25, 0.3) is 0 Å². The van der Waals surface area contributed by atoms with E-state index in [0.29, 0.717) is 13.0 Å². The number of carbonyl (C=O) groups is 2. The summed E-state index contributed by atoms with van der Waals surface area (Å²) in [4.78, 5) is 25.2. The molecule has 1 aliphatic rings. The van der Waals surface area contributed by atoms with Crippen molar-refractivity contribution in [2.45, 2.75) is 52.6 Å². The number of amides is 2. The van der Waals surface area contributed by atoms with E-state index in [4.69, 9.17) is 0 Å². The lowest BCUT2D eigenvalue weighted by molar-refractivity contribution is -0.133. The van der Waals surface area contributed by atoms with Crippen LogP contribution in [0.4, 0.5) is 0 Å². The number of nitrogens with one attached hydrogen (secondary N) is 1. The van der Waals surface area contributed by atoms with E-state index < -0.39 is 0 Å². The highest BCUT2D eigenvalue weighted by Gasteiger charge is 2.27. The van der Waals surface area contributed by atoms with Crippen molar-refractivity contribution in [1.29, 1.82) is 0 Å². The molecular formula is C15H28N2O3. The van der Waals surface area contributed by atoms with Crippen LogP contribution in [-0.2, 0) is 9.59 Å². The van der Waals surface area contributed by atoms with E-state index in [1.807, 2.05) is 20.8 Å². The minimum atomic E-state index is -0.291. The topological polar surface area (TPSA) is 69.6 Å². The molecule has 2 N–H and O–H groups in total. The van der Waals surface area contributed by atoms with Gasteiger partial charge in [-0.2, -0.15) is 0 Å². The zero-order valence-corrected chi connectivity index (χ0v) is 13.1. The molecule has 5 heteroatoms. The smallest absolute Gasteiger partial charge is 0.241 e. The molecule has 1 fully saturated rings. The Morgan fingerprint density at radius 2 is 1.95 bits per heavy atom. The van der Waals surface area contributed by atoms with Crippen molar-refractivity contribution in [2.75, 3.05) is 20.1 Å². The molecule has 0 saturated heterocycles. The summed E-state index contributed by atoms with van der Waals surface area (Å²) < 4.78 is 0. The zero-order chi connectivity index (χ0) is 15.3. The van der Waals surface area contributed by atoms with Crippen molar-refractivity contribution in [2.24, 2.45) is 11.3 Å². The van der Waals surface area contributed by atoms with Gasteiger partial charge < -0.3 is 15.3 Å². The van der Waals surface area contributed by atoms with E-state index in [2.05, 4.69) is 5.32 Å². The quantitative estimate of drug-likeness (QED) is 0.796. The van der Waals surface area contributed by atoms with Crippen LogP contribution in [0.3, 0.4) is 0 Å². The van der Waals surface area contributed by atoms with Gasteiger partial charge in [0, 0.05) is 25.9 Å². The Kier molecular flexibility index (Phi) is 5.99. The van der Waals surface area contributed by atoms with E-state index >= 15 is 0 Å². The molecule has 2 atom stereocenters. The lowest BCUT2D eigenvalue weighted by Crippen LogP contribution is -2.41. The lowest BCUT2D eigenvalue weighted by atomic mass is 9.92. The van der Waals surface area contributed by atoms with Crippen LogP contribution in [0.5, 0.6) is 0 Å². The summed E-state index contributed by atoms with van der Waals surface area (Å²) in [6.07, 6.45) is 2.94. The number of likely N-dealkylation sites (N-methyl/N-ethyl adjacent to an activating group) is 1. The predicted octanol–water partition coefficient (Wildman–Crippen LogP) is 1.16. The van der Waals surface area contributed by atoms with Gasteiger partial charge in [-0.1, -0.05) is 27.2 Å². The maximum Gasteiger partial charge on any atom is 0.241 e. The summed E-state index contributed by atoms with van der Waals surface area (Å²) in [6.45, 7) is 6.56. The van der Waals surface area contributed by atoms with Crippen molar-refractivity contribution in [3.05, 3.63) is 0 Å². The summed E-state index contributed by atoms with van der Waals surface area (Å²) in [6, 6.07) is 0. The number of hydrogen-bond acceptors (Lipinski definition) is 3. The van der Waals surface area contributed by atoms with Gasteiger partial charge in [0.15, 0.2) is 0 Å². The standard InChI is InChI=1S/C15H28N2O3/c1-15(2,3)8-13(19)16-9-14(20)17(4)10-11-6-5-7-12(11)18/h11-12,18H,5-10H2,1-4H3,(H,16,19). The largest absolute Gasteiger partial charge is 0.393 e. The fourth-order valence-electron chi connectivity index (χ4n) is 2.54. The molecule has 0 bridgehead atoms. The fraction of sp³-hybridized carbons (Fsp3) is 0.867. The number of rotatable bonds is 5. The molecule has 0 spiro atoms. The molecule has 20 heavy (non-hydrogen) atoms. The van der Waals surface area contributed by atoms with Crippen molar-refractivity contribution < 1.29 is 14.7 Å². The van der Waals surface area contributed by atoms with Crippen molar-refractivity contribution in [3.8, 4) is 0 Å². The Bertz CT molecular complexity index is 350. The second kappa shape index (κ2) is 7.07. The van der Waals surface area contributed by atoms with E-state index in [-0.39, 0.29) is 35.8 Å². The van der Waals surface area contributed by atoms with E-state index in [1.165, 1.54) is 0 Å². The van der Waals surface area contributed by atoms with Crippen molar-refractivity contribution >= 4 is 11.8 Å². The van der Waals surface area contributed by atoms with Crippen LogP contribution in [0, 0.1) is 11.3 Å². The Labute approximate surface area is 121 Å². The molecule has 5 nitrogen and oxygen atoms in total. The lowest BCUT2D eigenvalue weighted by Gasteiger charge is -2.24. The first-order valence-electron chi connectivity index (χ1n) is 7.38. The molecule has 2 unspecified atom stereocenters. The molecule has 1 aliphatic carbocycles. The third-order valence-electron chi connectivity index (χ3n) is 3.68. The SMILES string of the molecule is CN(CC1CCCC1O)C(=O)CNC(=O)CC(C)(C)C. The highest BCUT2D eigenvalue weighted by Crippen LogP contribution is 2.25. The Morgan fingerprint density at radius 1 is 1.30 bits per heavy atom. The van der Waals surface area contributed by atoms with Crippen LogP contribution < -0.4 is 5.32 Å². The van der Waals surface area contributed by atoms with Gasteiger partial charge in [0.25, 0.3) is 0 Å². The van der Waals surface area contributed by atoms with Gasteiger partial charge in [0.1, 0.15) is 0 Å². The third-order valence-corrected chi connectivity index (χ3v) is 3.68. The van der Waals surface area contributed by atoms with Gasteiger partial charge in [-0.25, -0.2) is 0 Å². The number of hydrogen-bond donors (Lipinski definition) is 2. The zero-order valence-electron chi connectivity index (χ0n) is 13.1. The van der Waals surface area contributed by atoms with Gasteiger partial charge in [0.05, 0.1) is 12.6 Å². The van der Waals surface area contributed by atoms with Crippen molar-refractivity contribution in [3.63, 3.8) is 0 Å². The van der Waals surface area contributed by atoms with Crippen LogP contribution in [-0.4, -0.2) is 48.1 Å². The number of aliphatic hydroxyl groups is 1. The Balaban J connectivity index is 2.29. The van der Waals surface area contributed by atoms with Crippen molar-refractivity contribution in [1.82, 2.24) is 10.2 Å². The summed E-state index contributed by atoms with van der Waals surface area (Å²) in [7, 11) is 1.73. The summed E-state index contributed by atoms with van der Waals surface area (Å²) in [5.41, 5.74) is -0.0764. The summed E-state index contributed by atoms with van der Waals surface area (Å²) >= 11 is 0. The first-order valence-corrected chi connectivity index (χ1v) is 7.38. The van der Waals surface area contributed by atoms with Crippen LogP contribution >= 0.6 is 0 Å². The molecule has 116 valence electrons. The van der Waals surface area contributed by atoms with Crippen LogP contribution in [0.2, 0.25) is 0 Å². The Morgan fingerprint density at radius 3 is 2.45 bits per heavy atom. The number of nitrogens with zero attached hydrogens (tertiary/aromatic N) is 1. The first-order chi connectivity index (χ1) is 9.19. The first kappa shape index (κ1) is 17.0. The predicted molar refractivity (Wildman–Crippen MR) is 78.1 cm³/mol. The fourth-order valence-corrected chi connectivity index (χ4v) is 2.54. The molecule has 0 aromatic heterocycles. The monoisotopic (exact) mass is 284 g/mol. The molecule has 1 saturated carbocycles. The molecule has 0 heterocycles. The van der Waals surface area contributed by atoms with Crippen LogP contribution in [0.15, 0.2) is 0 Å². The highest BCUT2D eigenvalue weighted by molar-refractivity contribution is 5.84. The molecule has 0 aromatic carbocycles. The highest BCUT2D eigenvalue weighted by atomic mass is 16.3. The Hall–Kier alpha value is -1.10. The van der Waals surface area contributed by atoms with Gasteiger partial charge in [-0.05, 0) is 18.3 Å². The second-order valence-electron chi connectivity index (χ2n) is 7.05. The number of carbonyl (C=O) groups excluding carboxylic acids is 2. The van der Waals surface area contributed by atoms with Gasteiger partial charge in [0.2, 0.25) is 11.8 Å². The normalized spacial score (nSPS) is 22.6. The minimum absolute atomic E-state index is 0.0359. The average molecular weight is 284 g/mol. The van der Waals surface area contributed by atoms with Gasteiger partial charge in [-0.3, -0.25) is 9.59 Å². The minimum Gasteiger partial charge on any atom is -0.393 e. The summed E-state index contributed by atoms with van der Waals surface area (Å²) in [5, 5.41) is 12.4.